The van der Waals surface area contributed by atoms with E-state index in [1.807, 2.05) is 30.3 Å². The van der Waals surface area contributed by atoms with Gasteiger partial charge in [-0.05, 0) is 25.3 Å². The highest BCUT2D eigenvalue weighted by molar-refractivity contribution is 5.17. The molecule has 2 aliphatic rings. The SMILES string of the molecule is CC1CN(CC2(O)CCCCC2)CCN1CC(O)c1ccccc1. The van der Waals surface area contributed by atoms with E-state index < -0.39 is 11.7 Å². The lowest BCUT2D eigenvalue weighted by molar-refractivity contribution is -0.0462. The van der Waals surface area contributed by atoms with Crippen LogP contribution in [0.2, 0.25) is 0 Å². The summed E-state index contributed by atoms with van der Waals surface area (Å²) < 4.78 is 0. The first-order chi connectivity index (χ1) is 11.6. The molecule has 1 saturated carbocycles. The molecule has 2 unspecified atom stereocenters. The zero-order valence-electron chi connectivity index (χ0n) is 14.9. The van der Waals surface area contributed by atoms with Crippen LogP contribution in [0, 0.1) is 0 Å². The Morgan fingerprint density at radius 2 is 1.83 bits per heavy atom. The summed E-state index contributed by atoms with van der Waals surface area (Å²) in [7, 11) is 0. The molecule has 1 saturated heterocycles. The molecule has 1 aromatic rings. The molecule has 134 valence electrons. The molecule has 4 heteroatoms. The quantitative estimate of drug-likeness (QED) is 0.869. The average molecular weight is 332 g/mol. The summed E-state index contributed by atoms with van der Waals surface area (Å²) in [5.74, 6) is 0. The third-order valence-electron chi connectivity index (χ3n) is 5.74. The minimum atomic E-state index is -0.469. The summed E-state index contributed by atoms with van der Waals surface area (Å²) >= 11 is 0. The van der Waals surface area contributed by atoms with Crippen LogP contribution < -0.4 is 0 Å². The van der Waals surface area contributed by atoms with Crippen molar-refractivity contribution in [2.24, 2.45) is 0 Å². The summed E-state index contributed by atoms with van der Waals surface area (Å²) in [5.41, 5.74) is 0.521. The molecule has 2 atom stereocenters. The van der Waals surface area contributed by atoms with E-state index in [0.29, 0.717) is 12.6 Å². The van der Waals surface area contributed by atoms with Gasteiger partial charge in [-0.25, -0.2) is 0 Å². The van der Waals surface area contributed by atoms with Gasteiger partial charge in [0.25, 0.3) is 0 Å². The Labute approximate surface area is 146 Å². The van der Waals surface area contributed by atoms with Crippen molar-refractivity contribution in [2.75, 3.05) is 32.7 Å². The molecule has 2 fully saturated rings. The zero-order chi connectivity index (χ0) is 17.0. The van der Waals surface area contributed by atoms with Gasteiger partial charge >= 0.3 is 0 Å². The average Bonchev–Trinajstić information content (AvgIpc) is 2.58. The van der Waals surface area contributed by atoms with Crippen molar-refractivity contribution >= 4 is 0 Å². The Bertz CT molecular complexity index is 502. The van der Waals surface area contributed by atoms with Crippen LogP contribution in [0.4, 0.5) is 0 Å². The molecule has 1 aliphatic carbocycles. The molecular weight excluding hydrogens is 300 g/mol. The number of nitrogens with zero attached hydrogens (tertiary/aromatic N) is 2. The number of aliphatic hydroxyl groups excluding tert-OH is 1. The van der Waals surface area contributed by atoms with Crippen LogP contribution in [0.3, 0.4) is 0 Å². The number of benzene rings is 1. The van der Waals surface area contributed by atoms with E-state index in [4.69, 9.17) is 0 Å². The molecule has 0 spiro atoms. The van der Waals surface area contributed by atoms with Crippen LogP contribution in [-0.4, -0.2) is 64.4 Å². The highest BCUT2D eigenvalue weighted by atomic mass is 16.3. The van der Waals surface area contributed by atoms with Crippen LogP contribution in [0.5, 0.6) is 0 Å². The lowest BCUT2D eigenvalue weighted by Crippen LogP contribution is -2.56. The predicted molar refractivity (Wildman–Crippen MR) is 96.9 cm³/mol. The van der Waals surface area contributed by atoms with Crippen molar-refractivity contribution in [1.82, 2.24) is 9.80 Å². The molecule has 1 heterocycles. The fourth-order valence-electron chi connectivity index (χ4n) is 4.27. The number of hydrogen-bond acceptors (Lipinski definition) is 4. The lowest BCUT2D eigenvalue weighted by atomic mass is 9.84. The van der Waals surface area contributed by atoms with Gasteiger partial charge in [-0.3, -0.25) is 9.80 Å². The fourth-order valence-corrected chi connectivity index (χ4v) is 4.27. The van der Waals surface area contributed by atoms with E-state index >= 15 is 0 Å². The van der Waals surface area contributed by atoms with E-state index in [1.54, 1.807) is 0 Å². The normalized spacial score (nSPS) is 27.0. The second kappa shape index (κ2) is 7.96. The Morgan fingerprint density at radius 1 is 1.12 bits per heavy atom. The molecule has 1 aromatic carbocycles. The Hall–Kier alpha value is -0.940. The molecule has 0 amide bonds. The minimum Gasteiger partial charge on any atom is -0.389 e. The van der Waals surface area contributed by atoms with E-state index in [0.717, 1.165) is 57.4 Å². The van der Waals surface area contributed by atoms with E-state index in [1.165, 1.54) is 6.42 Å². The third-order valence-corrected chi connectivity index (χ3v) is 5.74. The Morgan fingerprint density at radius 3 is 2.50 bits per heavy atom. The first-order valence-electron chi connectivity index (χ1n) is 9.48. The summed E-state index contributed by atoms with van der Waals surface area (Å²) in [5, 5.41) is 21.2. The first-order valence-corrected chi connectivity index (χ1v) is 9.48. The maximum Gasteiger partial charge on any atom is 0.0917 e. The third kappa shape index (κ3) is 4.57. The van der Waals surface area contributed by atoms with Gasteiger partial charge in [0.1, 0.15) is 0 Å². The minimum absolute atomic E-state index is 0.407. The van der Waals surface area contributed by atoms with Gasteiger partial charge in [0, 0.05) is 38.8 Å². The number of hydrogen-bond donors (Lipinski definition) is 2. The van der Waals surface area contributed by atoms with Crippen LogP contribution in [-0.2, 0) is 0 Å². The van der Waals surface area contributed by atoms with Crippen LogP contribution >= 0.6 is 0 Å². The van der Waals surface area contributed by atoms with Crippen LogP contribution in [0.1, 0.15) is 50.7 Å². The molecular formula is C20H32N2O2. The number of piperazine rings is 1. The van der Waals surface area contributed by atoms with Crippen molar-refractivity contribution in [3.63, 3.8) is 0 Å². The highest BCUT2D eigenvalue weighted by Crippen LogP contribution is 2.29. The molecule has 0 bridgehead atoms. The van der Waals surface area contributed by atoms with E-state index in [-0.39, 0.29) is 0 Å². The molecule has 3 rings (SSSR count). The van der Waals surface area contributed by atoms with Crippen LogP contribution in [0.15, 0.2) is 30.3 Å². The van der Waals surface area contributed by atoms with Gasteiger partial charge in [0.15, 0.2) is 0 Å². The van der Waals surface area contributed by atoms with Gasteiger partial charge in [-0.1, -0.05) is 49.6 Å². The molecule has 4 nitrogen and oxygen atoms in total. The molecule has 0 aromatic heterocycles. The Kier molecular flexibility index (Phi) is 5.93. The molecule has 0 radical (unpaired) electrons. The smallest absolute Gasteiger partial charge is 0.0917 e. The largest absolute Gasteiger partial charge is 0.389 e. The summed E-state index contributed by atoms with van der Waals surface area (Å²) in [6.45, 7) is 6.64. The monoisotopic (exact) mass is 332 g/mol. The number of aliphatic hydroxyl groups is 2. The fraction of sp³-hybridized carbons (Fsp3) is 0.700. The lowest BCUT2D eigenvalue weighted by Gasteiger charge is -2.44. The second-order valence-corrected chi connectivity index (χ2v) is 7.79. The molecule has 24 heavy (non-hydrogen) atoms. The maximum atomic E-state index is 10.8. The first kappa shape index (κ1) is 17.9. The zero-order valence-corrected chi connectivity index (χ0v) is 14.9. The van der Waals surface area contributed by atoms with Gasteiger partial charge in [0.05, 0.1) is 11.7 Å². The summed E-state index contributed by atoms with van der Waals surface area (Å²) in [4.78, 5) is 4.79. The molecule has 1 aliphatic heterocycles. The van der Waals surface area contributed by atoms with Crippen molar-refractivity contribution < 1.29 is 10.2 Å². The van der Waals surface area contributed by atoms with Gasteiger partial charge in [0.2, 0.25) is 0 Å². The maximum absolute atomic E-state index is 10.8. The van der Waals surface area contributed by atoms with Crippen molar-refractivity contribution in [3.05, 3.63) is 35.9 Å². The standard InChI is InChI=1S/C20H32N2O2/c1-17-14-21(16-20(24)10-6-3-7-11-20)12-13-22(17)15-19(23)18-8-4-2-5-9-18/h2,4-5,8-9,17,19,23-24H,3,6-7,10-16H2,1H3. The van der Waals surface area contributed by atoms with Gasteiger partial charge in [-0.2, -0.15) is 0 Å². The van der Waals surface area contributed by atoms with E-state index in [9.17, 15) is 10.2 Å². The number of β-amino-alcohol motifs (C(OH)–C–C–N with tert-alkyl or cyclic N) is 2. The second-order valence-electron chi connectivity index (χ2n) is 7.79. The van der Waals surface area contributed by atoms with Gasteiger partial charge < -0.3 is 10.2 Å². The number of rotatable bonds is 5. The van der Waals surface area contributed by atoms with Crippen molar-refractivity contribution in [2.45, 2.75) is 56.8 Å². The van der Waals surface area contributed by atoms with E-state index in [2.05, 4.69) is 16.7 Å². The van der Waals surface area contributed by atoms with Gasteiger partial charge in [-0.15, -0.1) is 0 Å². The summed E-state index contributed by atoms with van der Waals surface area (Å²) in [6.07, 6.45) is 5.07. The Balaban J connectivity index is 1.50. The van der Waals surface area contributed by atoms with Crippen molar-refractivity contribution in [3.8, 4) is 0 Å². The topological polar surface area (TPSA) is 46.9 Å². The van der Waals surface area contributed by atoms with Crippen molar-refractivity contribution in [1.29, 1.82) is 0 Å². The highest BCUT2D eigenvalue weighted by Gasteiger charge is 2.34. The predicted octanol–water partition coefficient (Wildman–Crippen LogP) is 2.42. The molecule has 2 N–H and O–H groups in total. The van der Waals surface area contributed by atoms with Crippen LogP contribution in [0.25, 0.3) is 0 Å². The summed E-state index contributed by atoms with van der Waals surface area (Å²) in [6, 6.07) is 10.3.